The van der Waals surface area contributed by atoms with Crippen LogP contribution < -0.4 is 10.9 Å². The van der Waals surface area contributed by atoms with E-state index in [1.165, 1.54) is 11.3 Å². The Hall–Kier alpha value is -2.67. The van der Waals surface area contributed by atoms with Gasteiger partial charge in [0.2, 0.25) is 5.91 Å². The average Bonchev–Trinajstić information content (AvgIpc) is 3.20. The van der Waals surface area contributed by atoms with Gasteiger partial charge in [-0.15, -0.1) is 11.3 Å². The van der Waals surface area contributed by atoms with Crippen molar-refractivity contribution in [2.45, 2.75) is 19.8 Å². The first kappa shape index (κ1) is 18.1. The van der Waals surface area contributed by atoms with Gasteiger partial charge in [0.25, 0.3) is 11.8 Å². The molecule has 0 saturated carbocycles. The number of thiophene rings is 1. The molecular weight excluding hydrogens is 350 g/mol. The molecule has 3 rings (SSSR count). The number of carbonyl (C=O) groups is 3. The fraction of sp³-hybridized carbons (Fsp3) is 0.316. The van der Waals surface area contributed by atoms with Gasteiger partial charge in [0.1, 0.15) is 0 Å². The van der Waals surface area contributed by atoms with Crippen LogP contribution in [0.3, 0.4) is 0 Å². The van der Waals surface area contributed by atoms with Crippen molar-refractivity contribution in [3.8, 4) is 0 Å². The summed E-state index contributed by atoms with van der Waals surface area (Å²) in [6, 6.07) is 10.9. The van der Waals surface area contributed by atoms with Crippen molar-refractivity contribution < 1.29 is 14.4 Å². The SMILES string of the molecule is Cc1ccccc1C(=O)NNC(=O)C1CCN(C(=O)c2cccs2)CC1. The molecule has 0 bridgehead atoms. The number of nitrogens with one attached hydrogen (secondary N) is 2. The maximum Gasteiger partial charge on any atom is 0.269 e. The Morgan fingerprint density at radius 3 is 2.42 bits per heavy atom. The molecule has 7 heteroatoms. The van der Waals surface area contributed by atoms with Crippen LogP contribution in [-0.2, 0) is 4.79 Å². The molecule has 1 aliphatic rings. The molecule has 1 aromatic carbocycles. The summed E-state index contributed by atoms with van der Waals surface area (Å²) in [5, 5.41) is 1.88. The molecule has 136 valence electrons. The Kier molecular flexibility index (Phi) is 5.68. The van der Waals surface area contributed by atoms with Crippen LogP contribution >= 0.6 is 11.3 Å². The van der Waals surface area contributed by atoms with Gasteiger partial charge in [-0.1, -0.05) is 24.3 Å². The summed E-state index contributed by atoms with van der Waals surface area (Å²) in [4.78, 5) is 39.3. The third-order valence-corrected chi connectivity index (χ3v) is 5.43. The third-order valence-electron chi connectivity index (χ3n) is 4.57. The van der Waals surface area contributed by atoms with Crippen LogP contribution in [0, 0.1) is 12.8 Å². The van der Waals surface area contributed by atoms with Gasteiger partial charge in [0.05, 0.1) is 4.88 Å². The molecule has 1 aliphatic heterocycles. The summed E-state index contributed by atoms with van der Waals surface area (Å²) in [5.41, 5.74) is 6.36. The number of piperidine rings is 1. The highest BCUT2D eigenvalue weighted by Crippen LogP contribution is 2.20. The van der Waals surface area contributed by atoms with Gasteiger partial charge in [-0.25, -0.2) is 0 Å². The second-order valence-electron chi connectivity index (χ2n) is 6.30. The first-order valence-corrected chi connectivity index (χ1v) is 9.43. The van der Waals surface area contributed by atoms with E-state index in [2.05, 4.69) is 10.9 Å². The second kappa shape index (κ2) is 8.14. The lowest BCUT2D eigenvalue weighted by atomic mass is 9.96. The molecule has 2 aromatic rings. The molecule has 26 heavy (non-hydrogen) atoms. The van der Waals surface area contributed by atoms with Crippen molar-refractivity contribution >= 4 is 29.1 Å². The minimum Gasteiger partial charge on any atom is -0.338 e. The van der Waals surface area contributed by atoms with Crippen LogP contribution in [0.5, 0.6) is 0 Å². The molecule has 0 spiro atoms. The molecule has 0 radical (unpaired) electrons. The zero-order chi connectivity index (χ0) is 18.5. The smallest absolute Gasteiger partial charge is 0.269 e. The Balaban J connectivity index is 1.47. The number of aryl methyl sites for hydroxylation is 1. The lowest BCUT2D eigenvalue weighted by Crippen LogP contribution is -2.48. The number of hydrogen-bond acceptors (Lipinski definition) is 4. The fourth-order valence-corrected chi connectivity index (χ4v) is 3.71. The topological polar surface area (TPSA) is 78.5 Å². The van der Waals surface area contributed by atoms with E-state index in [9.17, 15) is 14.4 Å². The summed E-state index contributed by atoms with van der Waals surface area (Å²) in [6.45, 7) is 2.93. The first-order valence-electron chi connectivity index (χ1n) is 8.55. The van der Waals surface area contributed by atoms with Crippen molar-refractivity contribution in [2.24, 2.45) is 5.92 Å². The van der Waals surface area contributed by atoms with E-state index in [1.807, 2.05) is 36.6 Å². The predicted octanol–water partition coefficient (Wildman–Crippen LogP) is 2.37. The van der Waals surface area contributed by atoms with Gasteiger partial charge in [-0.3, -0.25) is 25.2 Å². The molecule has 3 amide bonds. The zero-order valence-electron chi connectivity index (χ0n) is 14.5. The second-order valence-corrected chi connectivity index (χ2v) is 7.25. The maximum absolute atomic E-state index is 12.3. The van der Waals surface area contributed by atoms with Crippen molar-refractivity contribution in [3.63, 3.8) is 0 Å². The number of likely N-dealkylation sites (tertiary alicyclic amines) is 1. The summed E-state index contributed by atoms with van der Waals surface area (Å²) in [7, 11) is 0. The minimum absolute atomic E-state index is 0.0201. The highest BCUT2D eigenvalue weighted by Gasteiger charge is 2.28. The minimum atomic E-state index is -0.332. The van der Waals surface area contributed by atoms with Gasteiger partial charge >= 0.3 is 0 Å². The number of hydrazine groups is 1. The molecule has 0 aliphatic carbocycles. The van der Waals surface area contributed by atoms with Gasteiger partial charge in [0.15, 0.2) is 0 Å². The molecule has 6 nitrogen and oxygen atoms in total. The summed E-state index contributed by atoms with van der Waals surface area (Å²) in [5.74, 6) is -0.733. The van der Waals surface area contributed by atoms with Crippen molar-refractivity contribution in [1.29, 1.82) is 0 Å². The van der Waals surface area contributed by atoms with Crippen LogP contribution in [0.15, 0.2) is 41.8 Å². The average molecular weight is 371 g/mol. The van der Waals surface area contributed by atoms with E-state index in [0.717, 1.165) is 10.4 Å². The van der Waals surface area contributed by atoms with Crippen LogP contribution in [0.2, 0.25) is 0 Å². The molecule has 1 fully saturated rings. The maximum atomic E-state index is 12.3. The molecular formula is C19H21N3O3S. The number of nitrogens with zero attached hydrogens (tertiary/aromatic N) is 1. The van der Waals surface area contributed by atoms with Gasteiger partial charge < -0.3 is 4.90 Å². The number of rotatable bonds is 3. The first-order chi connectivity index (χ1) is 12.6. The van der Waals surface area contributed by atoms with Crippen molar-refractivity contribution in [1.82, 2.24) is 15.8 Å². The van der Waals surface area contributed by atoms with Crippen molar-refractivity contribution in [2.75, 3.05) is 13.1 Å². The molecule has 1 aromatic heterocycles. The van der Waals surface area contributed by atoms with E-state index >= 15 is 0 Å². The van der Waals surface area contributed by atoms with Crippen LogP contribution in [0.4, 0.5) is 0 Å². The Bertz CT molecular complexity index is 796. The van der Waals surface area contributed by atoms with Crippen molar-refractivity contribution in [3.05, 3.63) is 57.8 Å². The lowest BCUT2D eigenvalue weighted by molar-refractivity contribution is -0.127. The predicted molar refractivity (Wildman–Crippen MR) is 99.7 cm³/mol. The van der Waals surface area contributed by atoms with Gasteiger partial charge in [0, 0.05) is 24.6 Å². The lowest BCUT2D eigenvalue weighted by Gasteiger charge is -2.31. The zero-order valence-corrected chi connectivity index (χ0v) is 15.3. The van der Waals surface area contributed by atoms with E-state index in [-0.39, 0.29) is 23.6 Å². The largest absolute Gasteiger partial charge is 0.338 e. The quantitative estimate of drug-likeness (QED) is 0.813. The molecule has 0 atom stereocenters. The van der Waals surface area contributed by atoms with E-state index in [0.29, 0.717) is 31.5 Å². The van der Waals surface area contributed by atoms with Crippen LogP contribution in [0.1, 0.15) is 38.4 Å². The number of carbonyl (C=O) groups excluding carboxylic acids is 3. The van der Waals surface area contributed by atoms with E-state index in [1.54, 1.807) is 17.0 Å². The molecule has 0 unspecified atom stereocenters. The number of hydrogen-bond donors (Lipinski definition) is 2. The standard InChI is InChI=1S/C19H21N3O3S/c1-13-5-2-3-6-15(13)18(24)21-20-17(23)14-8-10-22(11-9-14)19(25)16-7-4-12-26-16/h2-7,12,14H,8-11H2,1H3,(H,20,23)(H,21,24). The fourth-order valence-electron chi connectivity index (χ4n) is 3.02. The Labute approximate surface area is 156 Å². The van der Waals surface area contributed by atoms with Gasteiger partial charge in [-0.2, -0.15) is 0 Å². The summed E-state index contributed by atoms with van der Waals surface area (Å²) >= 11 is 1.42. The number of amides is 3. The summed E-state index contributed by atoms with van der Waals surface area (Å²) in [6.07, 6.45) is 1.17. The highest BCUT2D eigenvalue weighted by molar-refractivity contribution is 7.12. The summed E-state index contributed by atoms with van der Waals surface area (Å²) < 4.78 is 0. The molecule has 2 heterocycles. The molecule has 2 N–H and O–H groups in total. The normalized spacial score (nSPS) is 14.7. The molecule has 1 saturated heterocycles. The highest BCUT2D eigenvalue weighted by atomic mass is 32.1. The Morgan fingerprint density at radius 2 is 1.77 bits per heavy atom. The van der Waals surface area contributed by atoms with E-state index in [4.69, 9.17) is 0 Å². The number of benzene rings is 1. The van der Waals surface area contributed by atoms with Crippen LogP contribution in [-0.4, -0.2) is 35.7 Å². The van der Waals surface area contributed by atoms with Gasteiger partial charge in [-0.05, 0) is 42.8 Å². The Morgan fingerprint density at radius 1 is 1.04 bits per heavy atom. The third kappa shape index (κ3) is 4.11. The van der Waals surface area contributed by atoms with E-state index < -0.39 is 0 Å². The van der Waals surface area contributed by atoms with Crippen LogP contribution in [0.25, 0.3) is 0 Å². The monoisotopic (exact) mass is 371 g/mol.